The van der Waals surface area contributed by atoms with E-state index in [2.05, 4.69) is 10.3 Å². The summed E-state index contributed by atoms with van der Waals surface area (Å²) >= 11 is 0. The number of hydrogen-bond acceptors (Lipinski definition) is 4. The molecule has 0 atom stereocenters. The van der Waals surface area contributed by atoms with Crippen molar-refractivity contribution in [3.63, 3.8) is 0 Å². The molecule has 0 aliphatic rings. The topological polar surface area (TPSA) is 59.1 Å². The Morgan fingerprint density at radius 1 is 1.15 bits per heavy atom. The van der Waals surface area contributed by atoms with Crippen molar-refractivity contribution in [3.05, 3.63) is 76.2 Å². The number of pyridine rings is 1. The number of hydrogen-bond donors (Lipinski definition) is 1. The van der Waals surface area contributed by atoms with E-state index in [1.807, 2.05) is 0 Å². The molecule has 20 heavy (non-hydrogen) atoms. The van der Waals surface area contributed by atoms with Gasteiger partial charge >= 0.3 is 0 Å². The minimum atomic E-state index is -0.320. The molecule has 0 unspecified atom stereocenters. The molecule has 100 valence electrons. The normalized spacial score (nSPS) is 10.4. The minimum absolute atomic E-state index is 0.143. The van der Waals surface area contributed by atoms with E-state index < -0.39 is 0 Å². The maximum Gasteiger partial charge on any atom is 0.212 e. The Balaban J connectivity index is 2.34. The van der Waals surface area contributed by atoms with Crippen LogP contribution in [0.3, 0.4) is 0 Å². The van der Waals surface area contributed by atoms with Gasteiger partial charge in [-0.2, -0.15) is 0 Å². The predicted molar refractivity (Wildman–Crippen MR) is 79.9 cm³/mol. The Hall–Kier alpha value is -2.75. The fourth-order valence-electron chi connectivity index (χ4n) is 1.73. The molecule has 1 N–H and O–H groups in total. The van der Waals surface area contributed by atoms with Crippen LogP contribution < -0.4 is 10.7 Å². The predicted octanol–water partition coefficient (Wildman–Crippen LogP) is 2.38. The van der Waals surface area contributed by atoms with Gasteiger partial charge < -0.3 is 5.32 Å². The molecule has 0 bridgehead atoms. The average molecular weight is 266 g/mol. The second-order valence-corrected chi connectivity index (χ2v) is 4.10. The summed E-state index contributed by atoms with van der Waals surface area (Å²) in [6, 6.07) is 10.1. The summed E-state index contributed by atoms with van der Waals surface area (Å²) in [4.78, 5) is 28.1. The number of carbonyl (C=O) groups excluding carboxylic acids is 1. The van der Waals surface area contributed by atoms with Crippen LogP contribution in [0.5, 0.6) is 0 Å². The molecule has 0 aliphatic carbocycles. The number of rotatable bonds is 4. The SMILES string of the molecule is CNc1ccccc(C(=O)/C=C/c2ccncc2)c1=O. The fourth-order valence-corrected chi connectivity index (χ4v) is 1.73. The maximum absolute atomic E-state index is 12.1. The van der Waals surface area contributed by atoms with Crippen LogP contribution in [-0.4, -0.2) is 17.8 Å². The molecular weight excluding hydrogens is 252 g/mol. The summed E-state index contributed by atoms with van der Waals surface area (Å²) in [5.41, 5.74) is 1.09. The summed E-state index contributed by atoms with van der Waals surface area (Å²) in [6.07, 6.45) is 6.34. The van der Waals surface area contributed by atoms with E-state index in [4.69, 9.17) is 0 Å². The van der Waals surface area contributed by atoms with Crippen LogP contribution in [0.25, 0.3) is 6.08 Å². The Labute approximate surface area is 116 Å². The summed E-state index contributed by atoms with van der Waals surface area (Å²) in [6.45, 7) is 0. The number of nitrogens with zero attached hydrogens (tertiary/aromatic N) is 1. The molecule has 1 aromatic carbocycles. The van der Waals surface area contributed by atoms with Gasteiger partial charge in [0.1, 0.15) is 0 Å². The first kappa shape index (κ1) is 13.7. The van der Waals surface area contributed by atoms with Gasteiger partial charge in [-0.15, -0.1) is 0 Å². The average Bonchev–Trinajstić information content (AvgIpc) is 2.67. The Kier molecular flexibility index (Phi) is 4.39. The molecule has 0 saturated carbocycles. The molecule has 1 heterocycles. The monoisotopic (exact) mass is 266 g/mol. The third kappa shape index (κ3) is 3.17. The fraction of sp³-hybridized carbons (Fsp3) is 0.0625. The molecule has 1 aromatic heterocycles. The van der Waals surface area contributed by atoms with E-state index in [9.17, 15) is 9.59 Å². The molecule has 0 radical (unpaired) electrons. The van der Waals surface area contributed by atoms with Crippen LogP contribution in [-0.2, 0) is 0 Å². The quantitative estimate of drug-likeness (QED) is 0.682. The van der Waals surface area contributed by atoms with Crippen LogP contribution in [0.1, 0.15) is 15.9 Å². The van der Waals surface area contributed by atoms with Gasteiger partial charge in [-0.05, 0) is 35.9 Å². The number of anilines is 1. The largest absolute Gasteiger partial charge is 0.385 e. The van der Waals surface area contributed by atoms with Gasteiger partial charge in [0.15, 0.2) is 5.78 Å². The number of aromatic nitrogens is 1. The van der Waals surface area contributed by atoms with E-state index in [1.54, 1.807) is 55.8 Å². The van der Waals surface area contributed by atoms with Gasteiger partial charge in [-0.25, -0.2) is 0 Å². The first-order chi connectivity index (χ1) is 9.72. The van der Waals surface area contributed by atoms with E-state index in [-0.39, 0.29) is 16.8 Å². The van der Waals surface area contributed by atoms with Gasteiger partial charge in [0.2, 0.25) is 5.43 Å². The number of allylic oxidation sites excluding steroid dienone is 1. The van der Waals surface area contributed by atoms with Gasteiger partial charge in [-0.3, -0.25) is 14.6 Å². The van der Waals surface area contributed by atoms with Gasteiger partial charge in [-0.1, -0.05) is 18.2 Å². The molecule has 4 heteroatoms. The third-order valence-corrected chi connectivity index (χ3v) is 2.79. The zero-order valence-electron chi connectivity index (χ0n) is 11.0. The highest BCUT2D eigenvalue weighted by Gasteiger charge is 2.08. The zero-order valence-corrected chi connectivity index (χ0v) is 11.0. The molecule has 0 fully saturated rings. The van der Waals surface area contributed by atoms with Gasteiger partial charge in [0.05, 0.1) is 11.3 Å². The van der Waals surface area contributed by atoms with Crippen molar-refractivity contribution in [2.24, 2.45) is 0 Å². The molecule has 0 spiro atoms. The first-order valence-corrected chi connectivity index (χ1v) is 6.16. The number of ketones is 1. The molecular formula is C16H14N2O2. The van der Waals surface area contributed by atoms with Crippen LogP contribution in [0.15, 0.2) is 59.7 Å². The highest BCUT2D eigenvalue weighted by atomic mass is 16.1. The van der Waals surface area contributed by atoms with E-state index in [0.717, 1.165) is 5.56 Å². The van der Waals surface area contributed by atoms with Gasteiger partial charge in [0.25, 0.3) is 0 Å². The maximum atomic E-state index is 12.1. The van der Waals surface area contributed by atoms with Crippen molar-refractivity contribution < 1.29 is 4.79 Å². The summed E-state index contributed by atoms with van der Waals surface area (Å²) in [7, 11) is 1.65. The first-order valence-electron chi connectivity index (χ1n) is 6.16. The van der Waals surface area contributed by atoms with Crippen molar-refractivity contribution in [2.45, 2.75) is 0 Å². The lowest BCUT2D eigenvalue weighted by atomic mass is 10.1. The van der Waals surface area contributed by atoms with E-state index in [0.29, 0.717) is 5.69 Å². The van der Waals surface area contributed by atoms with Crippen molar-refractivity contribution in [1.82, 2.24) is 4.98 Å². The Bertz CT molecular complexity index is 694. The summed E-state index contributed by atoms with van der Waals surface area (Å²) in [5.74, 6) is -0.320. The van der Waals surface area contributed by atoms with Crippen LogP contribution >= 0.6 is 0 Å². The second-order valence-electron chi connectivity index (χ2n) is 4.10. The van der Waals surface area contributed by atoms with E-state index >= 15 is 0 Å². The molecule has 0 amide bonds. The van der Waals surface area contributed by atoms with Crippen molar-refractivity contribution in [2.75, 3.05) is 12.4 Å². The lowest BCUT2D eigenvalue weighted by Gasteiger charge is -1.96. The van der Waals surface area contributed by atoms with Crippen LogP contribution in [0.4, 0.5) is 5.69 Å². The molecule has 4 nitrogen and oxygen atoms in total. The summed E-state index contributed by atoms with van der Waals surface area (Å²) < 4.78 is 0. The van der Waals surface area contributed by atoms with Crippen molar-refractivity contribution in [1.29, 1.82) is 0 Å². The second kappa shape index (κ2) is 6.43. The molecule has 0 aliphatic heterocycles. The van der Waals surface area contributed by atoms with Crippen molar-refractivity contribution >= 4 is 17.5 Å². The van der Waals surface area contributed by atoms with Crippen LogP contribution in [0.2, 0.25) is 0 Å². The molecule has 0 saturated heterocycles. The third-order valence-electron chi connectivity index (χ3n) is 2.79. The molecule has 2 aromatic rings. The van der Waals surface area contributed by atoms with Crippen molar-refractivity contribution in [3.8, 4) is 0 Å². The van der Waals surface area contributed by atoms with Crippen LogP contribution in [0, 0.1) is 0 Å². The number of nitrogens with one attached hydrogen (secondary N) is 1. The minimum Gasteiger partial charge on any atom is -0.385 e. The molecule has 2 rings (SSSR count). The number of carbonyl (C=O) groups is 1. The smallest absolute Gasteiger partial charge is 0.212 e. The zero-order chi connectivity index (χ0) is 14.4. The van der Waals surface area contributed by atoms with Gasteiger partial charge in [0, 0.05) is 19.4 Å². The standard InChI is InChI=1S/C16H14N2O2/c1-17-14-5-3-2-4-13(16(14)20)15(19)7-6-12-8-10-18-11-9-12/h2-11H,1H3,(H,17,20)/b7-6+. The highest BCUT2D eigenvalue weighted by Crippen LogP contribution is 2.04. The Morgan fingerprint density at radius 3 is 2.55 bits per heavy atom. The lowest BCUT2D eigenvalue weighted by Crippen LogP contribution is -2.14. The van der Waals surface area contributed by atoms with E-state index in [1.165, 1.54) is 12.1 Å². The highest BCUT2D eigenvalue weighted by molar-refractivity contribution is 6.07. The lowest BCUT2D eigenvalue weighted by molar-refractivity contribution is 0.104. The Morgan fingerprint density at radius 2 is 1.85 bits per heavy atom. The summed E-state index contributed by atoms with van der Waals surface area (Å²) in [5, 5.41) is 2.79.